The molecule has 0 saturated heterocycles. The van der Waals surface area contributed by atoms with E-state index >= 15 is 0 Å². The molecule has 3 heteroatoms. The molecular formula is C16H28N2S. The van der Waals surface area contributed by atoms with Gasteiger partial charge >= 0.3 is 0 Å². The van der Waals surface area contributed by atoms with E-state index in [0.29, 0.717) is 0 Å². The molecule has 1 aliphatic rings. The average molecular weight is 280 g/mol. The van der Waals surface area contributed by atoms with E-state index < -0.39 is 0 Å². The SMILES string of the molecule is CCCNCC1CCCCCC1Cc1csc(C)n1. The molecule has 19 heavy (non-hydrogen) atoms. The molecule has 0 radical (unpaired) electrons. The number of aryl methyl sites for hydroxylation is 1. The molecule has 1 aromatic rings. The minimum absolute atomic E-state index is 0.841. The highest BCUT2D eigenvalue weighted by Gasteiger charge is 2.24. The lowest BCUT2D eigenvalue weighted by atomic mass is 9.84. The Morgan fingerprint density at radius 2 is 2.05 bits per heavy atom. The van der Waals surface area contributed by atoms with E-state index in [1.807, 2.05) is 0 Å². The van der Waals surface area contributed by atoms with Crippen LogP contribution in [0.25, 0.3) is 0 Å². The summed E-state index contributed by atoms with van der Waals surface area (Å²) < 4.78 is 0. The van der Waals surface area contributed by atoms with Gasteiger partial charge in [-0.3, -0.25) is 0 Å². The monoisotopic (exact) mass is 280 g/mol. The first-order valence-corrected chi connectivity index (χ1v) is 8.79. The van der Waals surface area contributed by atoms with Gasteiger partial charge < -0.3 is 5.32 Å². The normalized spacial score (nSPS) is 24.3. The van der Waals surface area contributed by atoms with Crippen molar-refractivity contribution in [2.75, 3.05) is 13.1 Å². The van der Waals surface area contributed by atoms with Crippen LogP contribution in [0.2, 0.25) is 0 Å². The maximum Gasteiger partial charge on any atom is 0.0897 e. The highest BCUT2D eigenvalue weighted by atomic mass is 32.1. The Hall–Kier alpha value is -0.410. The van der Waals surface area contributed by atoms with E-state index in [1.165, 1.54) is 68.7 Å². The van der Waals surface area contributed by atoms with Crippen LogP contribution in [0.4, 0.5) is 0 Å². The second kappa shape index (κ2) is 8.01. The molecule has 0 spiro atoms. The zero-order valence-electron chi connectivity index (χ0n) is 12.5. The first-order valence-electron chi connectivity index (χ1n) is 7.91. The van der Waals surface area contributed by atoms with E-state index in [1.54, 1.807) is 11.3 Å². The van der Waals surface area contributed by atoms with E-state index in [-0.39, 0.29) is 0 Å². The number of hydrogen-bond donors (Lipinski definition) is 1. The Kier molecular flexibility index (Phi) is 6.32. The molecular weight excluding hydrogens is 252 g/mol. The first-order chi connectivity index (χ1) is 9.29. The summed E-state index contributed by atoms with van der Waals surface area (Å²) in [6.45, 7) is 6.73. The summed E-state index contributed by atoms with van der Waals surface area (Å²) >= 11 is 1.79. The Labute approximate surface area is 122 Å². The fourth-order valence-corrected chi connectivity index (χ4v) is 3.86. The molecule has 1 fully saturated rings. The van der Waals surface area contributed by atoms with Gasteiger partial charge in [0.2, 0.25) is 0 Å². The smallest absolute Gasteiger partial charge is 0.0897 e. The van der Waals surface area contributed by atoms with Crippen LogP contribution in [-0.2, 0) is 6.42 Å². The number of nitrogens with zero attached hydrogens (tertiary/aromatic N) is 1. The number of rotatable bonds is 6. The van der Waals surface area contributed by atoms with E-state index in [2.05, 4.69) is 29.5 Å². The highest BCUT2D eigenvalue weighted by Crippen LogP contribution is 2.31. The summed E-state index contributed by atoms with van der Waals surface area (Å²) in [5, 5.41) is 7.11. The first kappa shape index (κ1) is 15.0. The fraction of sp³-hybridized carbons (Fsp3) is 0.812. The van der Waals surface area contributed by atoms with Crippen molar-refractivity contribution in [3.63, 3.8) is 0 Å². The maximum atomic E-state index is 4.66. The lowest BCUT2D eigenvalue weighted by Gasteiger charge is -2.25. The van der Waals surface area contributed by atoms with Crippen LogP contribution in [0, 0.1) is 18.8 Å². The Bertz CT molecular complexity index is 361. The summed E-state index contributed by atoms with van der Waals surface area (Å²) in [7, 11) is 0. The van der Waals surface area contributed by atoms with Crippen LogP contribution in [-0.4, -0.2) is 18.1 Å². The number of aromatic nitrogens is 1. The maximum absolute atomic E-state index is 4.66. The standard InChI is InChI=1S/C16H28N2S/c1-3-9-17-11-15-8-6-4-5-7-14(15)10-16-12-19-13(2)18-16/h12,14-15,17H,3-11H2,1-2H3. The van der Waals surface area contributed by atoms with Crippen LogP contribution in [0.3, 0.4) is 0 Å². The molecule has 0 aromatic carbocycles. The van der Waals surface area contributed by atoms with Crippen molar-refractivity contribution >= 4 is 11.3 Å². The molecule has 2 atom stereocenters. The molecule has 1 N–H and O–H groups in total. The quantitative estimate of drug-likeness (QED) is 0.624. The zero-order valence-corrected chi connectivity index (χ0v) is 13.3. The van der Waals surface area contributed by atoms with Crippen LogP contribution in [0.15, 0.2) is 5.38 Å². The Morgan fingerprint density at radius 1 is 1.26 bits per heavy atom. The van der Waals surface area contributed by atoms with Crippen LogP contribution in [0.1, 0.15) is 56.2 Å². The second-order valence-corrected chi connectivity index (χ2v) is 6.99. The molecule has 1 aromatic heterocycles. The summed E-state index contributed by atoms with van der Waals surface area (Å²) in [4.78, 5) is 4.66. The highest BCUT2D eigenvalue weighted by molar-refractivity contribution is 7.09. The predicted octanol–water partition coefficient (Wildman–Crippen LogP) is 4.19. The molecule has 2 nitrogen and oxygen atoms in total. The van der Waals surface area contributed by atoms with Gasteiger partial charge in [0.25, 0.3) is 0 Å². The minimum Gasteiger partial charge on any atom is -0.316 e. The van der Waals surface area contributed by atoms with Gasteiger partial charge in [0, 0.05) is 5.38 Å². The van der Waals surface area contributed by atoms with Gasteiger partial charge in [0.05, 0.1) is 10.7 Å². The van der Waals surface area contributed by atoms with E-state index in [0.717, 1.165) is 11.8 Å². The van der Waals surface area contributed by atoms with Crippen molar-refractivity contribution in [1.82, 2.24) is 10.3 Å². The largest absolute Gasteiger partial charge is 0.316 e. The predicted molar refractivity (Wildman–Crippen MR) is 83.8 cm³/mol. The fourth-order valence-electron chi connectivity index (χ4n) is 3.23. The van der Waals surface area contributed by atoms with Gasteiger partial charge in [-0.2, -0.15) is 0 Å². The third kappa shape index (κ3) is 4.88. The van der Waals surface area contributed by atoms with Crippen LogP contribution < -0.4 is 5.32 Å². The van der Waals surface area contributed by atoms with Gasteiger partial charge in [0.1, 0.15) is 0 Å². The molecule has 1 heterocycles. The van der Waals surface area contributed by atoms with Gasteiger partial charge in [-0.15, -0.1) is 11.3 Å². The summed E-state index contributed by atoms with van der Waals surface area (Å²) in [6.07, 6.45) is 9.50. The van der Waals surface area contributed by atoms with Crippen molar-refractivity contribution in [2.45, 2.75) is 58.8 Å². The minimum atomic E-state index is 0.841. The molecule has 0 amide bonds. The van der Waals surface area contributed by atoms with Gasteiger partial charge in [-0.1, -0.05) is 26.2 Å². The van der Waals surface area contributed by atoms with Crippen LogP contribution in [0.5, 0.6) is 0 Å². The zero-order chi connectivity index (χ0) is 13.5. The van der Waals surface area contributed by atoms with E-state index in [4.69, 9.17) is 0 Å². The van der Waals surface area contributed by atoms with Gasteiger partial charge in [0.15, 0.2) is 0 Å². The molecule has 108 valence electrons. The molecule has 1 saturated carbocycles. The van der Waals surface area contributed by atoms with Crippen molar-refractivity contribution < 1.29 is 0 Å². The number of nitrogens with one attached hydrogen (secondary N) is 1. The third-order valence-electron chi connectivity index (χ3n) is 4.29. The lowest BCUT2D eigenvalue weighted by molar-refractivity contribution is 0.296. The Morgan fingerprint density at radius 3 is 2.74 bits per heavy atom. The molecule has 0 aliphatic heterocycles. The second-order valence-electron chi connectivity index (χ2n) is 5.92. The molecule has 2 rings (SSSR count). The van der Waals surface area contributed by atoms with Crippen molar-refractivity contribution in [3.8, 4) is 0 Å². The lowest BCUT2D eigenvalue weighted by Crippen LogP contribution is -2.29. The summed E-state index contributed by atoms with van der Waals surface area (Å²) in [5.41, 5.74) is 1.33. The summed E-state index contributed by atoms with van der Waals surface area (Å²) in [5.74, 6) is 1.70. The Balaban J connectivity index is 1.92. The number of hydrogen-bond acceptors (Lipinski definition) is 3. The average Bonchev–Trinajstić information content (AvgIpc) is 2.68. The van der Waals surface area contributed by atoms with E-state index in [9.17, 15) is 0 Å². The van der Waals surface area contributed by atoms with Gasteiger partial charge in [-0.25, -0.2) is 4.98 Å². The summed E-state index contributed by atoms with van der Waals surface area (Å²) in [6, 6.07) is 0. The molecule has 0 bridgehead atoms. The topological polar surface area (TPSA) is 24.9 Å². The van der Waals surface area contributed by atoms with Crippen molar-refractivity contribution in [3.05, 3.63) is 16.1 Å². The third-order valence-corrected chi connectivity index (χ3v) is 5.11. The molecule has 2 unspecified atom stereocenters. The van der Waals surface area contributed by atoms with Gasteiger partial charge in [-0.05, 0) is 57.5 Å². The van der Waals surface area contributed by atoms with Crippen LogP contribution >= 0.6 is 11.3 Å². The van der Waals surface area contributed by atoms with Crippen molar-refractivity contribution in [1.29, 1.82) is 0 Å². The molecule has 1 aliphatic carbocycles. The number of thiazole rings is 1. The van der Waals surface area contributed by atoms with Crippen molar-refractivity contribution in [2.24, 2.45) is 11.8 Å².